The molecule has 1 saturated heterocycles. The number of piperazine rings is 1. The van der Waals surface area contributed by atoms with Gasteiger partial charge in [0.2, 0.25) is 0 Å². The van der Waals surface area contributed by atoms with Crippen molar-refractivity contribution in [3.8, 4) is 17.2 Å². The van der Waals surface area contributed by atoms with Crippen LogP contribution in [0.2, 0.25) is 0 Å². The van der Waals surface area contributed by atoms with Crippen LogP contribution in [0.1, 0.15) is 13.8 Å². The summed E-state index contributed by atoms with van der Waals surface area (Å²) in [6.07, 6.45) is 0. The number of nitrogens with two attached hydrogens (primary N) is 1. The fourth-order valence-corrected chi connectivity index (χ4v) is 3.70. The number of benzene rings is 2. The normalized spacial score (nSPS) is 20.7. The SMILES string of the molecule is CC1(C)C[N+](C)(CCOc2ccc(Oc3ccccc3)cc2)CC[NH2+]1.[I-].[I-]. The fourth-order valence-electron chi connectivity index (χ4n) is 3.70. The lowest BCUT2D eigenvalue weighted by Gasteiger charge is -2.43. The molecule has 4 nitrogen and oxygen atoms in total. The van der Waals surface area contributed by atoms with Crippen LogP contribution in [0.3, 0.4) is 0 Å². The van der Waals surface area contributed by atoms with Crippen LogP contribution < -0.4 is 62.7 Å². The third-order valence-electron chi connectivity index (χ3n) is 4.86. The molecule has 1 unspecified atom stereocenters. The lowest BCUT2D eigenvalue weighted by atomic mass is 10.0. The molecule has 0 bridgehead atoms. The number of halogens is 2. The Kier molecular flexibility index (Phi) is 9.81. The van der Waals surface area contributed by atoms with Crippen molar-refractivity contribution in [3.05, 3.63) is 54.6 Å². The molecule has 6 heteroatoms. The minimum atomic E-state index is 0. The molecule has 1 aliphatic rings. The largest absolute Gasteiger partial charge is 1.00 e. The summed E-state index contributed by atoms with van der Waals surface area (Å²) in [5, 5.41) is 2.46. The number of quaternary nitrogens is 2. The molecule has 1 fully saturated rings. The zero-order chi connectivity index (χ0) is 17.8. The molecule has 1 heterocycles. The molecule has 0 radical (unpaired) electrons. The summed E-state index contributed by atoms with van der Waals surface area (Å²) in [6, 6.07) is 17.7. The third kappa shape index (κ3) is 7.75. The van der Waals surface area contributed by atoms with Crippen LogP contribution in [0.25, 0.3) is 0 Å². The van der Waals surface area contributed by atoms with Gasteiger partial charge in [-0.2, -0.15) is 0 Å². The Labute approximate surface area is 197 Å². The van der Waals surface area contributed by atoms with Crippen LogP contribution in [0.4, 0.5) is 0 Å². The molecule has 0 aliphatic carbocycles. The number of para-hydroxylation sites is 1. The summed E-state index contributed by atoms with van der Waals surface area (Å²) >= 11 is 0. The minimum absolute atomic E-state index is 0. The molecule has 2 N–H and O–H groups in total. The standard InChI is InChI=1S/C21H29N2O2.2HI/c1-21(2)17-23(3,14-13-22-21)15-16-24-18-9-11-20(12-10-18)25-19-7-5-4-6-8-19;;/h4-12,22H,13-17H2,1-3H3;2*1H/q+1;;/p-1. The van der Waals surface area contributed by atoms with E-state index < -0.39 is 0 Å². The monoisotopic (exact) mass is 596 g/mol. The quantitative estimate of drug-likeness (QED) is 0.280. The van der Waals surface area contributed by atoms with Gasteiger partial charge in [0.1, 0.15) is 55.6 Å². The average molecular weight is 596 g/mol. The first-order valence-corrected chi connectivity index (χ1v) is 9.08. The van der Waals surface area contributed by atoms with Crippen LogP contribution in [0.5, 0.6) is 17.2 Å². The van der Waals surface area contributed by atoms with Crippen LogP contribution >= 0.6 is 0 Å². The van der Waals surface area contributed by atoms with Gasteiger partial charge in [0.05, 0.1) is 7.05 Å². The third-order valence-corrected chi connectivity index (χ3v) is 4.86. The van der Waals surface area contributed by atoms with Crippen molar-refractivity contribution in [2.45, 2.75) is 19.4 Å². The first-order valence-electron chi connectivity index (χ1n) is 9.08. The van der Waals surface area contributed by atoms with Crippen LogP contribution in [0, 0.1) is 0 Å². The summed E-state index contributed by atoms with van der Waals surface area (Å²) in [5.74, 6) is 2.57. The molecule has 0 aromatic heterocycles. The second-order valence-electron chi connectivity index (χ2n) is 7.94. The predicted octanol–water partition coefficient (Wildman–Crippen LogP) is -3.33. The van der Waals surface area contributed by atoms with Crippen molar-refractivity contribution in [1.29, 1.82) is 0 Å². The van der Waals surface area contributed by atoms with Crippen LogP contribution in [-0.4, -0.2) is 49.9 Å². The van der Waals surface area contributed by atoms with E-state index in [1.807, 2.05) is 54.6 Å². The summed E-state index contributed by atoms with van der Waals surface area (Å²) in [4.78, 5) is 0. The molecule has 1 atom stereocenters. The Morgan fingerprint density at radius 3 is 2.15 bits per heavy atom. The number of hydrogen-bond acceptors (Lipinski definition) is 2. The van der Waals surface area contributed by atoms with Crippen LogP contribution in [0.15, 0.2) is 54.6 Å². The molecule has 3 rings (SSSR count). The highest BCUT2D eigenvalue weighted by Crippen LogP contribution is 2.23. The number of nitrogens with zero attached hydrogens (tertiary/aromatic N) is 1. The molecular formula is C21H30I2N2O2. The topological polar surface area (TPSA) is 35.1 Å². The van der Waals surface area contributed by atoms with Gasteiger partial charge in [-0.3, -0.25) is 0 Å². The van der Waals surface area contributed by atoms with E-state index in [1.165, 1.54) is 19.6 Å². The Morgan fingerprint density at radius 1 is 0.926 bits per heavy atom. The molecule has 2 aromatic carbocycles. The smallest absolute Gasteiger partial charge is 0.140 e. The molecule has 1 aliphatic heterocycles. The molecular weight excluding hydrogens is 566 g/mol. The summed E-state index contributed by atoms with van der Waals surface area (Å²) in [5.41, 5.74) is 0.323. The van der Waals surface area contributed by atoms with Gasteiger partial charge in [-0.1, -0.05) is 18.2 Å². The predicted molar refractivity (Wildman–Crippen MR) is 100 cm³/mol. The van der Waals surface area contributed by atoms with Gasteiger partial charge in [0.25, 0.3) is 0 Å². The summed E-state index contributed by atoms with van der Waals surface area (Å²) in [6.45, 7) is 10.0. The van der Waals surface area contributed by atoms with Gasteiger partial charge in [0.15, 0.2) is 0 Å². The van der Waals surface area contributed by atoms with Gasteiger partial charge in [-0.25, -0.2) is 0 Å². The number of rotatable bonds is 6. The number of ether oxygens (including phenoxy) is 2. The average Bonchev–Trinajstić information content (AvgIpc) is 2.56. The van der Waals surface area contributed by atoms with Gasteiger partial charge in [-0.15, -0.1) is 0 Å². The zero-order valence-electron chi connectivity index (χ0n) is 16.3. The van der Waals surface area contributed by atoms with Crippen molar-refractivity contribution in [2.24, 2.45) is 0 Å². The summed E-state index contributed by atoms with van der Waals surface area (Å²) < 4.78 is 12.9. The maximum Gasteiger partial charge on any atom is 0.140 e. The molecule has 150 valence electrons. The first kappa shape index (κ1) is 24.5. The van der Waals surface area contributed by atoms with Crippen molar-refractivity contribution in [1.82, 2.24) is 0 Å². The van der Waals surface area contributed by atoms with E-state index in [0.29, 0.717) is 5.54 Å². The summed E-state index contributed by atoms with van der Waals surface area (Å²) in [7, 11) is 2.34. The van der Waals surface area contributed by atoms with Crippen molar-refractivity contribution < 1.29 is 67.2 Å². The Hall–Kier alpha value is -0.580. The van der Waals surface area contributed by atoms with E-state index in [9.17, 15) is 0 Å². The molecule has 0 saturated carbocycles. The highest BCUT2D eigenvalue weighted by atomic mass is 127. The van der Waals surface area contributed by atoms with Crippen molar-refractivity contribution >= 4 is 0 Å². The van der Waals surface area contributed by atoms with E-state index >= 15 is 0 Å². The Balaban J connectivity index is 0.00000182. The van der Waals surface area contributed by atoms with Crippen LogP contribution in [-0.2, 0) is 0 Å². The fraction of sp³-hybridized carbons (Fsp3) is 0.429. The number of hydrogen-bond donors (Lipinski definition) is 1. The van der Waals surface area contributed by atoms with E-state index in [4.69, 9.17) is 9.47 Å². The molecule has 0 amide bonds. The lowest BCUT2D eigenvalue weighted by molar-refractivity contribution is -0.971. The second kappa shape index (κ2) is 10.8. The second-order valence-corrected chi connectivity index (χ2v) is 7.94. The maximum absolute atomic E-state index is 5.97. The van der Waals surface area contributed by atoms with E-state index in [0.717, 1.165) is 34.9 Å². The number of likely N-dealkylation sites (N-methyl/N-ethyl adjacent to an activating group) is 1. The van der Waals surface area contributed by atoms with E-state index in [-0.39, 0.29) is 48.0 Å². The molecule has 0 spiro atoms. The Morgan fingerprint density at radius 2 is 1.52 bits per heavy atom. The van der Waals surface area contributed by atoms with Gasteiger partial charge < -0.3 is 67.2 Å². The van der Waals surface area contributed by atoms with Crippen molar-refractivity contribution in [3.63, 3.8) is 0 Å². The van der Waals surface area contributed by atoms with Gasteiger partial charge in [-0.05, 0) is 50.2 Å². The Bertz CT molecular complexity index is 680. The van der Waals surface area contributed by atoms with E-state index in [2.05, 4.69) is 26.2 Å². The molecule has 27 heavy (non-hydrogen) atoms. The van der Waals surface area contributed by atoms with E-state index in [1.54, 1.807) is 0 Å². The van der Waals surface area contributed by atoms with Gasteiger partial charge in [0, 0.05) is 0 Å². The maximum atomic E-state index is 5.97. The highest BCUT2D eigenvalue weighted by Gasteiger charge is 2.38. The minimum Gasteiger partial charge on any atom is -1.00 e. The molecule has 2 aromatic rings. The first-order chi connectivity index (χ1) is 11.9. The zero-order valence-corrected chi connectivity index (χ0v) is 20.6. The van der Waals surface area contributed by atoms with Crippen molar-refractivity contribution in [2.75, 3.05) is 39.8 Å². The van der Waals surface area contributed by atoms with Gasteiger partial charge >= 0.3 is 0 Å². The lowest BCUT2D eigenvalue weighted by Crippen LogP contribution is -3.01. The highest BCUT2D eigenvalue weighted by molar-refractivity contribution is 5.35.